The predicted octanol–water partition coefficient (Wildman–Crippen LogP) is 2.87. The number of carbonyl (C=O) groups excluding carboxylic acids is 2. The van der Waals surface area contributed by atoms with Crippen molar-refractivity contribution in [1.29, 1.82) is 0 Å². The minimum Gasteiger partial charge on any atom is -0.303 e. The van der Waals surface area contributed by atoms with E-state index in [0.29, 0.717) is 6.42 Å². The zero-order valence-corrected chi connectivity index (χ0v) is 9.26. The van der Waals surface area contributed by atoms with Crippen LogP contribution in [0.1, 0.15) is 36.0 Å². The molecule has 0 saturated heterocycles. The van der Waals surface area contributed by atoms with Gasteiger partial charge in [-0.3, -0.25) is 4.79 Å². The molecule has 2 heteroatoms. The number of hydrogen-bond acceptors (Lipinski definition) is 2. The van der Waals surface area contributed by atoms with Gasteiger partial charge in [-0.25, -0.2) is 0 Å². The molecule has 0 unspecified atom stereocenters. The van der Waals surface area contributed by atoms with Gasteiger partial charge < -0.3 is 4.79 Å². The van der Waals surface area contributed by atoms with Crippen molar-refractivity contribution in [2.24, 2.45) is 11.8 Å². The molecule has 1 fully saturated rings. The zero-order valence-electron chi connectivity index (χ0n) is 9.26. The van der Waals surface area contributed by atoms with Crippen LogP contribution in [-0.2, 0) is 4.79 Å². The fourth-order valence-corrected chi connectivity index (χ4v) is 2.48. The van der Waals surface area contributed by atoms with E-state index in [-0.39, 0.29) is 17.6 Å². The average Bonchev–Trinajstić information content (AvgIpc) is 2.77. The van der Waals surface area contributed by atoms with E-state index in [1.54, 1.807) is 0 Å². The molecule has 1 saturated carbocycles. The van der Waals surface area contributed by atoms with Gasteiger partial charge in [0.2, 0.25) is 0 Å². The van der Waals surface area contributed by atoms with E-state index in [1.807, 2.05) is 30.3 Å². The molecule has 0 aliphatic heterocycles. The largest absolute Gasteiger partial charge is 0.303 e. The Morgan fingerprint density at radius 3 is 2.69 bits per heavy atom. The third-order valence-electron chi connectivity index (χ3n) is 3.44. The highest BCUT2D eigenvalue weighted by Gasteiger charge is 2.28. The van der Waals surface area contributed by atoms with Gasteiger partial charge in [-0.15, -0.1) is 0 Å². The summed E-state index contributed by atoms with van der Waals surface area (Å²) >= 11 is 0. The topological polar surface area (TPSA) is 34.1 Å². The fourth-order valence-electron chi connectivity index (χ4n) is 2.48. The summed E-state index contributed by atoms with van der Waals surface area (Å²) in [7, 11) is 0. The van der Waals surface area contributed by atoms with Crippen LogP contribution in [0.3, 0.4) is 0 Å². The first-order chi connectivity index (χ1) is 7.81. The second-order valence-electron chi connectivity index (χ2n) is 4.48. The molecule has 0 bridgehead atoms. The molecule has 1 aliphatic carbocycles. The Balaban J connectivity index is 2.00. The molecule has 0 amide bonds. The van der Waals surface area contributed by atoms with Crippen LogP contribution in [0.25, 0.3) is 0 Å². The first-order valence-electron chi connectivity index (χ1n) is 5.85. The van der Waals surface area contributed by atoms with Gasteiger partial charge in [0, 0.05) is 17.9 Å². The quantitative estimate of drug-likeness (QED) is 0.573. The van der Waals surface area contributed by atoms with Crippen LogP contribution in [0.4, 0.5) is 0 Å². The molecule has 84 valence electrons. The molecule has 2 nitrogen and oxygen atoms in total. The summed E-state index contributed by atoms with van der Waals surface area (Å²) in [6, 6.07) is 9.33. The maximum absolute atomic E-state index is 11.9. The third-order valence-corrected chi connectivity index (χ3v) is 3.44. The summed E-state index contributed by atoms with van der Waals surface area (Å²) < 4.78 is 0. The van der Waals surface area contributed by atoms with Crippen LogP contribution >= 0.6 is 0 Å². The maximum atomic E-state index is 11.9. The molecule has 0 heterocycles. The Kier molecular flexibility index (Phi) is 3.50. The van der Waals surface area contributed by atoms with Crippen molar-refractivity contribution < 1.29 is 9.59 Å². The van der Waals surface area contributed by atoms with E-state index < -0.39 is 0 Å². The number of ketones is 1. The van der Waals surface area contributed by atoms with E-state index in [4.69, 9.17) is 0 Å². The lowest BCUT2D eigenvalue weighted by molar-refractivity contribution is -0.111. The van der Waals surface area contributed by atoms with Crippen LogP contribution < -0.4 is 0 Å². The minimum atomic E-state index is 0.104. The summed E-state index contributed by atoms with van der Waals surface area (Å²) in [5, 5.41) is 0. The highest BCUT2D eigenvalue weighted by molar-refractivity contribution is 5.96. The lowest BCUT2D eigenvalue weighted by atomic mass is 9.90. The number of carbonyl (C=O) groups is 2. The van der Waals surface area contributed by atoms with Gasteiger partial charge in [-0.05, 0) is 18.8 Å². The number of Topliss-reactive ketones (excluding diaryl/α,β-unsaturated/α-hetero) is 1. The predicted molar refractivity (Wildman–Crippen MR) is 62.3 cm³/mol. The van der Waals surface area contributed by atoms with Gasteiger partial charge in [0.05, 0.1) is 0 Å². The van der Waals surface area contributed by atoms with Gasteiger partial charge in [-0.1, -0.05) is 36.8 Å². The Morgan fingerprint density at radius 2 is 2.00 bits per heavy atom. The molecule has 1 aliphatic rings. The molecule has 2 atom stereocenters. The Labute approximate surface area is 95.7 Å². The molecule has 16 heavy (non-hydrogen) atoms. The third kappa shape index (κ3) is 2.38. The van der Waals surface area contributed by atoms with Crippen LogP contribution in [0, 0.1) is 11.8 Å². The molecule has 1 aromatic carbocycles. The van der Waals surface area contributed by atoms with Crippen molar-refractivity contribution in [3.63, 3.8) is 0 Å². The first kappa shape index (κ1) is 11.1. The Bertz CT molecular complexity index is 370. The van der Waals surface area contributed by atoms with E-state index in [2.05, 4.69) is 0 Å². The molecule has 2 rings (SSSR count). The van der Waals surface area contributed by atoms with Crippen molar-refractivity contribution in [3.8, 4) is 0 Å². The number of rotatable bonds is 4. The normalized spacial score (nSPS) is 24.2. The van der Waals surface area contributed by atoms with E-state index >= 15 is 0 Å². The standard InChI is InChI=1S/C14H16O2/c15-10-13-8-4-7-12(13)9-14(16)11-5-2-1-3-6-11/h1-3,5-6,10,12-13H,4,7-9H2/t12-,13-/m0/s1. The zero-order chi connectivity index (χ0) is 11.4. The number of aldehydes is 1. The summed E-state index contributed by atoms with van der Waals surface area (Å²) in [6.45, 7) is 0. The second-order valence-corrected chi connectivity index (χ2v) is 4.48. The first-order valence-corrected chi connectivity index (χ1v) is 5.85. The highest BCUT2D eigenvalue weighted by Crippen LogP contribution is 2.33. The Hall–Kier alpha value is -1.44. The summed E-state index contributed by atoms with van der Waals surface area (Å²) in [5.41, 5.74) is 0.763. The van der Waals surface area contributed by atoms with Crippen LogP contribution in [0.15, 0.2) is 30.3 Å². The molecule has 0 radical (unpaired) electrons. The minimum absolute atomic E-state index is 0.104. The maximum Gasteiger partial charge on any atom is 0.163 e. The van der Waals surface area contributed by atoms with E-state index in [1.165, 1.54) is 0 Å². The van der Waals surface area contributed by atoms with E-state index in [9.17, 15) is 9.59 Å². The van der Waals surface area contributed by atoms with Crippen molar-refractivity contribution in [2.75, 3.05) is 0 Å². The molecule has 0 spiro atoms. The highest BCUT2D eigenvalue weighted by atomic mass is 16.1. The lowest BCUT2D eigenvalue weighted by Gasteiger charge is -2.12. The van der Waals surface area contributed by atoms with Gasteiger partial charge in [0.15, 0.2) is 5.78 Å². The van der Waals surface area contributed by atoms with Gasteiger partial charge >= 0.3 is 0 Å². The molecular weight excluding hydrogens is 200 g/mol. The second kappa shape index (κ2) is 5.06. The fraction of sp³-hybridized carbons (Fsp3) is 0.429. The number of benzene rings is 1. The van der Waals surface area contributed by atoms with E-state index in [0.717, 1.165) is 31.1 Å². The van der Waals surface area contributed by atoms with Crippen molar-refractivity contribution in [1.82, 2.24) is 0 Å². The molecule has 0 aromatic heterocycles. The average molecular weight is 216 g/mol. The molecular formula is C14H16O2. The Morgan fingerprint density at radius 1 is 1.25 bits per heavy atom. The van der Waals surface area contributed by atoms with Crippen molar-refractivity contribution >= 4 is 12.1 Å². The van der Waals surface area contributed by atoms with Gasteiger partial charge in [0.25, 0.3) is 0 Å². The molecule has 0 N–H and O–H groups in total. The lowest BCUT2D eigenvalue weighted by Crippen LogP contribution is -2.14. The summed E-state index contributed by atoms with van der Waals surface area (Å²) in [6.07, 6.45) is 4.59. The SMILES string of the molecule is O=C[C@@H]1CCC[C@H]1CC(=O)c1ccccc1. The van der Waals surface area contributed by atoms with Crippen molar-refractivity contribution in [2.45, 2.75) is 25.7 Å². The van der Waals surface area contributed by atoms with Gasteiger partial charge in [-0.2, -0.15) is 0 Å². The van der Waals surface area contributed by atoms with Crippen LogP contribution in [-0.4, -0.2) is 12.1 Å². The van der Waals surface area contributed by atoms with Gasteiger partial charge in [0.1, 0.15) is 6.29 Å². The summed E-state index contributed by atoms with van der Waals surface area (Å²) in [4.78, 5) is 22.8. The van der Waals surface area contributed by atoms with Crippen molar-refractivity contribution in [3.05, 3.63) is 35.9 Å². The monoisotopic (exact) mass is 216 g/mol. The smallest absolute Gasteiger partial charge is 0.163 e. The summed E-state index contributed by atoms with van der Waals surface area (Å²) in [5.74, 6) is 0.539. The number of hydrogen-bond donors (Lipinski definition) is 0. The van der Waals surface area contributed by atoms with Crippen LogP contribution in [0.5, 0.6) is 0 Å². The van der Waals surface area contributed by atoms with Crippen LogP contribution in [0.2, 0.25) is 0 Å². The molecule has 1 aromatic rings.